The maximum Gasteiger partial charge on any atom is 0.246 e. The Hall–Kier alpha value is -0.920. The van der Waals surface area contributed by atoms with E-state index in [-0.39, 0.29) is 6.61 Å². The van der Waals surface area contributed by atoms with Gasteiger partial charge in [0.15, 0.2) is 0 Å². The maximum atomic E-state index is 12.7. The molecule has 2 rings (SSSR count). The average Bonchev–Trinajstić information content (AvgIpc) is 2.61. The Bertz CT molecular complexity index is 553. The van der Waals surface area contributed by atoms with Crippen LogP contribution >= 0.6 is 0 Å². The molecule has 6 nitrogen and oxygen atoms in total. The quantitative estimate of drug-likeness (QED) is 0.896. The standard InChI is InChI=1S/C13H23N3O3S/c1-11-13(10-15(2)14-11)20(18,19)16-7-3-4-12(5-8-16)6-9-17/h10,12,17H,3-9H2,1-2H3. The van der Waals surface area contributed by atoms with Crippen LogP contribution in [0.1, 0.15) is 31.4 Å². The Balaban J connectivity index is 2.16. The van der Waals surface area contributed by atoms with E-state index in [0.717, 1.165) is 25.7 Å². The monoisotopic (exact) mass is 301 g/mol. The van der Waals surface area contributed by atoms with Crippen molar-refractivity contribution in [2.24, 2.45) is 13.0 Å². The van der Waals surface area contributed by atoms with Crippen LogP contribution in [0.5, 0.6) is 0 Å². The van der Waals surface area contributed by atoms with Crippen molar-refractivity contribution in [3.8, 4) is 0 Å². The number of hydrogen-bond acceptors (Lipinski definition) is 4. The molecule has 0 amide bonds. The third kappa shape index (κ3) is 3.21. The number of hydrogen-bond donors (Lipinski definition) is 1. The highest BCUT2D eigenvalue weighted by molar-refractivity contribution is 7.89. The van der Waals surface area contributed by atoms with E-state index in [0.29, 0.717) is 29.6 Å². The van der Waals surface area contributed by atoms with Gasteiger partial charge in [-0.05, 0) is 38.5 Å². The first-order chi connectivity index (χ1) is 9.45. The van der Waals surface area contributed by atoms with Crippen LogP contribution in [0.15, 0.2) is 11.1 Å². The Morgan fingerprint density at radius 2 is 2.15 bits per heavy atom. The summed E-state index contributed by atoms with van der Waals surface area (Å²) in [5.74, 6) is 0.426. The minimum absolute atomic E-state index is 0.180. The third-order valence-electron chi connectivity index (χ3n) is 3.93. The summed E-state index contributed by atoms with van der Waals surface area (Å²) in [5.41, 5.74) is 0.545. The van der Waals surface area contributed by atoms with Gasteiger partial charge in [-0.15, -0.1) is 0 Å². The Labute approximate surface area is 120 Å². The van der Waals surface area contributed by atoms with Gasteiger partial charge in [0.25, 0.3) is 0 Å². The lowest BCUT2D eigenvalue weighted by Gasteiger charge is -2.19. The van der Waals surface area contributed by atoms with Crippen molar-refractivity contribution < 1.29 is 13.5 Å². The summed E-state index contributed by atoms with van der Waals surface area (Å²) in [4.78, 5) is 0.306. The van der Waals surface area contributed by atoms with E-state index in [1.807, 2.05) is 0 Å². The van der Waals surface area contributed by atoms with Crippen LogP contribution in [-0.4, -0.2) is 47.3 Å². The molecule has 1 N–H and O–H groups in total. The molecular formula is C13H23N3O3S. The van der Waals surface area contributed by atoms with Crippen LogP contribution in [0.3, 0.4) is 0 Å². The molecule has 7 heteroatoms. The highest BCUT2D eigenvalue weighted by Gasteiger charge is 2.29. The molecule has 1 aliphatic heterocycles. The lowest BCUT2D eigenvalue weighted by molar-refractivity contribution is 0.248. The zero-order valence-electron chi connectivity index (χ0n) is 12.1. The number of rotatable bonds is 4. The topological polar surface area (TPSA) is 75.4 Å². The number of aryl methyl sites for hydroxylation is 2. The fraction of sp³-hybridized carbons (Fsp3) is 0.769. The molecule has 1 unspecified atom stereocenters. The first kappa shape index (κ1) is 15.5. The van der Waals surface area contributed by atoms with Crippen molar-refractivity contribution in [1.82, 2.24) is 14.1 Å². The largest absolute Gasteiger partial charge is 0.396 e. The van der Waals surface area contributed by atoms with E-state index < -0.39 is 10.0 Å². The zero-order chi connectivity index (χ0) is 14.8. The molecule has 1 fully saturated rings. The predicted molar refractivity (Wildman–Crippen MR) is 75.7 cm³/mol. The van der Waals surface area contributed by atoms with E-state index in [9.17, 15) is 8.42 Å². The van der Waals surface area contributed by atoms with Crippen LogP contribution in [0.25, 0.3) is 0 Å². The minimum atomic E-state index is -3.45. The van der Waals surface area contributed by atoms with Crippen LogP contribution in [0.4, 0.5) is 0 Å². The second kappa shape index (κ2) is 6.24. The molecule has 1 aromatic heterocycles. The van der Waals surface area contributed by atoms with Crippen molar-refractivity contribution in [1.29, 1.82) is 0 Å². The first-order valence-electron chi connectivity index (χ1n) is 7.06. The molecule has 0 bridgehead atoms. The van der Waals surface area contributed by atoms with Crippen molar-refractivity contribution >= 4 is 10.0 Å². The van der Waals surface area contributed by atoms with Crippen LogP contribution < -0.4 is 0 Å². The molecule has 1 atom stereocenters. The van der Waals surface area contributed by atoms with Crippen LogP contribution in [0, 0.1) is 12.8 Å². The molecule has 1 aliphatic rings. The van der Waals surface area contributed by atoms with E-state index in [1.54, 1.807) is 24.5 Å². The second-order valence-electron chi connectivity index (χ2n) is 5.47. The van der Waals surface area contributed by atoms with Crippen LogP contribution in [-0.2, 0) is 17.1 Å². The Morgan fingerprint density at radius 1 is 1.40 bits per heavy atom. The van der Waals surface area contributed by atoms with Gasteiger partial charge < -0.3 is 5.11 Å². The summed E-state index contributed by atoms with van der Waals surface area (Å²) in [6.45, 7) is 2.98. The number of nitrogens with zero attached hydrogens (tertiary/aromatic N) is 3. The highest BCUT2D eigenvalue weighted by Crippen LogP contribution is 2.25. The first-order valence-corrected chi connectivity index (χ1v) is 8.50. The third-order valence-corrected chi connectivity index (χ3v) is 5.93. The van der Waals surface area contributed by atoms with Crippen molar-refractivity contribution in [3.05, 3.63) is 11.9 Å². The fourth-order valence-corrected chi connectivity index (χ4v) is 4.51. The minimum Gasteiger partial charge on any atom is -0.396 e. The molecular weight excluding hydrogens is 278 g/mol. The molecule has 1 saturated heterocycles. The number of aliphatic hydroxyl groups excluding tert-OH is 1. The number of sulfonamides is 1. The van der Waals surface area contributed by atoms with Gasteiger partial charge in [0.05, 0.1) is 5.69 Å². The van der Waals surface area contributed by atoms with Gasteiger partial charge in [-0.1, -0.05) is 0 Å². The molecule has 0 saturated carbocycles. The number of aromatic nitrogens is 2. The highest BCUT2D eigenvalue weighted by atomic mass is 32.2. The van der Waals surface area contributed by atoms with Gasteiger partial charge in [0, 0.05) is 32.9 Å². The summed E-state index contributed by atoms with van der Waals surface area (Å²) in [6.07, 6.45) is 4.99. The summed E-state index contributed by atoms with van der Waals surface area (Å²) in [7, 11) is -1.72. The maximum absolute atomic E-state index is 12.7. The van der Waals surface area contributed by atoms with Crippen molar-refractivity contribution in [3.63, 3.8) is 0 Å². The van der Waals surface area contributed by atoms with E-state index >= 15 is 0 Å². The smallest absolute Gasteiger partial charge is 0.246 e. The normalized spacial score (nSPS) is 21.9. The van der Waals surface area contributed by atoms with Crippen molar-refractivity contribution in [2.75, 3.05) is 19.7 Å². The van der Waals surface area contributed by atoms with Gasteiger partial charge in [0.2, 0.25) is 10.0 Å². The van der Waals surface area contributed by atoms with Gasteiger partial charge >= 0.3 is 0 Å². The lowest BCUT2D eigenvalue weighted by atomic mass is 9.98. The predicted octanol–water partition coefficient (Wildman–Crippen LogP) is 0.902. The van der Waals surface area contributed by atoms with Crippen molar-refractivity contribution in [2.45, 2.75) is 37.5 Å². The molecule has 0 spiro atoms. The summed E-state index contributed by atoms with van der Waals surface area (Å²) in [6, 6.07) is 0. The molecule has 20 heavy (non-hydrogen) atoms. The molecule has 0 aliphatic carbocycles. The van der Waals surface area contributed by atoms with Gasteiger partial charge in [-0.2, -0.15) is 9.40 Å². The summed E-state index contributed by atoms with van der Waals surface area (Å²) < 4.78 is 28.4. The van der Waals surface area contributed by atoms with E-state index in [1.165, 1.54) is 4.68 Å². The van der Waals surface area contributed by atoms with Crippen LogP contribution in [0.2, 0.25) is 0 Å². The van der Waals surface area contributed by atoms with Gasteiger partial charge in [-0.25, -0.2) is 8.42 Å². The summed E-state index contributed by atoms with van der Waals surface area (Å²) in [5, 5.41) is 13.1. The molecule has 1 aromatic rings. The summed E-state index contributed by atoms with van der Waals surface area (Å²) >= 11 is 0. The SMILES string of the molecule is Cc1nn(C)cc1S(=O)(=O)N1CCCC(CCO)CC1. The molecule has 0 aromatic carbocycles. The Morgan fingerprint density at radius 3 is 2.75 bits per heavy atom. The lowest BCUT2D eigenvalue weighted by Crippen LogP contribution is -2.32. The molecule has 0 radical (unpaired) electrons. The zero-order valence-corrected chi connectivity index (χ0v) is 12.9. The van der Waals surface area contributed by atoms with Gasteiger partial charge in [-0.3, -0.25) is 4.68 Å². The average molecular weight is 301 g/mol. The second-order valence-corrected chi connectivity index (χ2v) is 7.37. The van der Waals surface area contributed by atoms with Gasteiger partial charge in [0.1, 0.15) is 4.90 Å². The Kier molecular flexibility index (Phi) is 4.82. The molecule has 114 valence electrons. The van der Waals surface area contributed by atoms with E-state index in [2.05, 4.69) is 5.10 Å². The fourth-order valence-electron chi connectivity index (χ4n) is 2.82. The number of aliphatic hydroxyl groups is 1. The van der Waals surface area contributed by atoms with E-state index in [4.69, 9.17) is 5.11 Å². The molecule has 2 heterocycles.